The van der Waals surface area contributed by atoms with E-state index < -0.39 is 0 Å². The molecule has 2 aliphatic rings. The molecule has 1 aliphatic heterocycles. The number of aromatic nitrogens is 2. The first-order chi connectivity index (χ1) is 10.1. The normalized spacial score (nSPS) is 26.7. The number of carbonyl (C=O) groups excluding carboxylic acids is 1. The van der Waals surface area contributed by atoms with Gasteiger partial charge in [0.15, 0.2) is 0 Å². The highest BCUT2D eigenvalue weighted by Crippen LogP contribution is 2.32. The van der Waals surface area contributed by atoms with Crippen LogP contribution in [0.5, 0.6) is 0 Å². The number of carbonyl (C=O) groups is 1. The molecule has 0 aromatic carbocycles. The number of nitrogens with zero attached hydrogens (tertiary/aromatic N) is 3. The third-order valence-electron chi connectivity index (χ3n) is 4.92. The van der Waals surface area contributed by atoms with E-state index in [4.69, 9.17) is 0 Å². The molecule has 2 atom stereocenters. The molecule has 116 valence electrons. The topological polar surface area (TPSA) is 52.2 Å². The second-order valence-corrected chi connectivity index (χ2v) is 6.49. The van der Waals surface area contributed by atoms with E-state index in [1.54, 1.807) is 0 Å². The van der Waals surface area contributed by atoms with E-state index >= 15 is 0 Å². The number of rotatable bonds is 2. The Morgan fingerprint density at radius 1 is 1.43 bits per heavy atom. The van der Waals surface area contributed by atoms with Crippen LogP contribution in [0.25, 0.3) is 0 Å². The van der Waals surface area contributed by atoms with E-state index in [9.17, 15) is 4.79 Å². The number of H-pyrrole nitrogens is 1. The first kappa shape index (κ1) is 14.6. The Morgan fingerprint density at radius 3 is 3.00 bits per heavy atom. The van der Waals surface area contributed by atoms with Crippen LogP contribution in [-0.4, -0.2) is 58.4 Å². The van der Waals surface area contributed by atoms with E-state index in [1.807, 2.05) is 6.92 Å². The number of amides is 1. The Labute approximate surface area is 126 Å². The zero-order valence-corrected chi connectivity index (χ0v) is 13.4. The van der Waals surface area contributed by atoms with Gasteiger partial charge in [-0.2, -0.15) is 0 Å². The largest absolute Gasteiger partial charge is 0.346 e. The van der Waals surface area contributed by atoms with Crippen molar-refractivity contribution < 1.29 is 4.79 Å². The molecule has 1 saturated heterocycles. The van der Waals surface area contributed by atoms with Crippen LogP contribution in [0.2, 0.25) is 0 Å². The van der Waals surface area contributed by atoms with Crippen LogP contribution in [0.3, 0.4) is 0 Å². The van der Waals surface area contributed by atoms with E-state index in [1.165, 1.54) is 5.69 Å². The zero-order valence-electron chi connectivity index (χ0n) is 13.4. The lowest BCUT2D eigenvalue weighted by Crippen LogP contribution is -2.55. The molecule has 0 spiro atoms. The summed E-state index contributed by atoms with van der Waals surface area (Å²) in [4.78, 5) is 25.4. The Kier molecular flexibility index (Phi) is 4.02. The van der Waals surface area contributed by atoms with Gasteiger partial charge in [-0.3, -0.25) is 4.79 Å². The highest BCUT2D eigenvalue weighted by molar-refractivity contribution is 5.84. The zero-order chi connectivity index (χ0) is 15.0. The summed E-state index contributed by atoms with van der Waals surface area (Å²) in [6.45, 7) is 6.96. The predicted octanol–water partition coefficient (Wildman–Crippen LogP) is 1.69. The summed E-state index contributed by atoms with van der Waals surface area (Å²) in [6.07, 6.45) is 4.07. The number of fused-ring (bicyclic) bond motifs is 1. The minimum atomic E-state index is -0.0313. The monoisotopic (exact) mass is 290 g/mol. The number of hydrogen-bond donors (Lipinski definition) is 1. The average Bonchev–Trinajstić information content (AvgIpc) is 2.86. The van der Waals surface area contributed by atoms with E-state index in [2.05, 4.69) is 33.7 Å². The van der Waals surface area contributed by atoms with Crippen molar-refractivity contribution in [2.45, 2.75) is 51.5 Å². The number of hydrogen-bond acceptors (Lipinski definition) is 3. The lowest BCUT2D eigenvalue weighted by molar-refractivity contribution is -0.138. The fourth-order valence-electron chi connectivity index (χ4n) is 3.75. The second-order valence-electron chi connectivity index (χ2n) is 6.49. The van der Waals surface area contributed by atoms with Gasteiger partial charge in [0.1, 0.15) is 5.82 Å². The molecule has 1 fully saturated rings. The molecule has 2 heterocycles. The molecule has 3 rings (SSSR count). The highest BCUT2D eigenvalue weighted by atomic mass is 16.2. The lowest BCUT2D eigenvalue weighted by Gasteiger charge is -2.41. The van der Waals surface area contributed by atoms with Crippen molar-refractivity contribution in [3.8, 4) is 0 Å². The fourth-order valence-corrected chi connectivity index (χ4v) is 3.75. The Morgan fingerprint density at radius 2 is 2.24 bits per heavy atom. The summed E-state index contributed by atoms with van der Waals surface area (Å²) in [5.74, 6) is 1.20. The minimum absolute atomic E-state index is 0.0313. The maximum atomic E-state index is 13.1. The van der Waals surface area contributed by atoms with Gasteiger partial charge < -0.3 is 14.8 Å². The van der Waals surface area contributed by atoms with Crippen LogP contribution >= 0.6 is 0 Å². The van der Waals surface area contributed by atoms with Crippen LogP contribution < -0.4 is 0 Å². The maximum Gasteiger partial charge on any atom is 0.232 e. The van der Waals surface area contributed by atoms with Crippen LogP contribution in [0, 0.1) is 6.92 Å². The molecule has 21 heavy (non-hydrogen) atoms. The first-order valence-corrected chi connectivity index (χ1v) is 8.14. The highest BCUT2D eigenvalue weighted by Gasteiger charge is 2.36. The summed E-state index contributed by atoms with van der Waals surface area (Å²) in [5, 5.41) is 0. The van der Waals surface area contributed by atoms with Gasteiger partial charge in [-0.25, -0.2) is 4.98 Å². The molecule has 2 unspecified atom stereocenters. The number of likely N-dealkylation sites (N-methyl/N-ethyl adjacent to an activating group) is 1. The summed E-state index contributed by atoms with van der Waals surface area (Å²) in [7, 11) is 2.14. The molecule has 0 radical (unpaired) electrons. The van der Waals surface area contributed by atoms with Gasteiger partial charge in [0.05, 0.1) is 11.6 Å². The predicted molar refractivity (Wildman–Crippen MR) is 82.3 cm³/mol. The van der Waals surface area contributed by atoms with E-state index in [0.29, 0.717) is 11.9 Å². The van der Waals surface area contributed by atoms with Crippen molar-refractivity contribution in [3.63, 3.8) is 0 Å². The van der Waals surface area contributed by atoms with Gasteiger partial charge in [-0.15, -0.1) is 0 Å². The SMILES string of the molecule is CCC1CN(C)CCN1C(=O)C1CCCc2[nH]c(C)nc21. The summed E-state index contributed by atoms with van der Waals surface area (Å²) in [5.41, 5.74) is 2.19. The molecule has 1 N–H and O–H groups in total. The molecule has 1 aromatic rings. The fraction of sp³-hybridized carbons (Fsp3) is 0.750. The summed E-state index contributed by atoms with van der Waals surface area (Å²) < 4.78 is 0. The molecule has 0 bridgehead atoms. The molecule has 1 aromatic heterocycles. The van der Waals surface area contributed by atoms with Gasteiger partial charge in [-0.1, -0.05) is 6.92 Å². The number of imidazole rings is 1. The van der Waals surface area contributed by atoms with Crippen LogP contribution in [0.15, 0.2) is 0 Å². The molecule has 5 heteroatoms. The third kappa shape index (κ3) is 2.71. The smallest absolute Gasteiger partial charge is 0.232 e. The van der Waals surface area contributed by atoms with Crippen molar-refractivity contribution in [1.29, 1.82) is 0 Å². The molecular weight excluding hydrogens is 264 g/mol. The quantitative estimate of drug-likeness (QED) is 0.902. The van der Waals surface area contributed by atoms with Gasteiger partial charge in [0.25, 0.3) is 0 Å². The van der Waals surface area contributed by atoms with E-state index in [-0.39, 0.29) is 5.92 Å². The Balaban J connectivity index is 1.82. The second kappa shape index (κ2) is 5.79. The Bertz CT molecular complexity index is 524. The van der Waals surface area contributed by atoms with Crippen molar-refractivity contribution in [3.05, 3.63) is 17.2 Å². The average molecular weight is 290 g/mol. The van der Waals surface area contributed by atoms with E-state index in [0.717, 1.165) is 56.8 Å². The molecule has 0 saturated carbocycles. The minimum Gasteiger partial charge on any atom is -0.346 e. The summed E-state index contributed by atoms with van der Waals surface area (Å²) in [6, 6.07) is 0.349. The molecule has 5 nitrogen and oxygen atoms in total. The van der Waals surface area contributed by atoms with Gasteiger partial charge >= 0.3 is 0 Å². The lowest BCUT2D eigenvalue weighted by atomic mass is 9.88. The van der Waals surface area contributed by atoms with Gasteiger partial charge in [0, 0.05) is 31.4 Å². The number of aromatic amines is 1. The van der Waals surface area contributed by atoms with Gasteiger partial charge in [-0.05, 0) is 39.7 Å². The number of piperazine rings is 1. The first-order valence-electron chi connectivity index (χ1n) is 8.14. The van der Waals surface area contributed by atoms with Crippen molar-refractivity contribution in [2.24, 2.45) is 0 Å². The van der Waals surface area contributed by atoms with Crippen LogP contribution in [0.1, 0.15) is 49.3 Å². The molecule has 1 amide bonds. The molecule has 1 aliphatic carbocycles. The van der Waals surface area contributed by atoms with Crippen LogP contribution in [0.4, 0.5) is 0 Å². The molecular formula is C16H26N4O. The standard InChI is InChI=1S/C16H26N4O/c1-4-12-10-19(3)8-9-20(12)16(21)13-6-5-7-14-15(13)18-11(2)17-14/h12-13H,4-10H2,1-3H3,(H,17,18). The van der Waals surface area contributed by atoms with Crippen LogP contribution in [-0.2, 0) is 11.2 Å². The maximum absolute atomic E-state index is 13.1. The Hall–Kier alpha value is -1.36. The third-order valence-corrected chi connectivity index (χ3v) is 4.92. The summed E-state index contributed by atoms with van der Waals surface area (Å²) >= 11 is 0. The van der Waals surface area contributed by atoms with Crippen molar-refractivity contribution >= 4 is 5.91 Å². The number of aryl methyl sites for hydroxylation is 2. The number of nitrogens with one attached hydrogen (secondary N) is 1. The van der Waals surface area contributed by atoms with Crippen molar-refractivity contribution in [1.82, 2.24) is 19.8 Å². The van der Waals surface area contributed by atoms with Gasteiger partial charge in [0.2, 0.25) is 5.91 Å². The van der Waals surface area contributed by atoms with Crippen molar-refractivity contribution in [2.75, 3.05) is 26.7 Å².